The molecule has 3 aliphatic rings. The number of rotatable bonds is 5. The average molecular weight is 502 g/mol. The van der Waals surface area contributed by atoms with Gasteiger partial charge in [-0.3, -0.25) is 0 Å². The number of hydrogen-bond donors (Lipinski definition) is 2. The molecule has 0 spiro atoms. The first kappa shape index (κ1) is 22.8. The molecule has 1 fully saturated rings. The highest BCUT2D eigenvalue weighted by molar-refractivity contribution is 7.91. The zero-order valence-corrected chi connectivity index (χ0v) is 20.5. The Morgan fingerprint density at radius 3 is 2.75 bits per heavy atom. The van der Waals surface area contributed by atoms with Crippen LogP contribution in [0.1, 0.15) is 17.5 Å². The van der Waals surface area contributed by atoms with Crippen molar-refractivity contribution in [2.24, 2.45) is 0 Å². The Kier molecular flexibility index (Phi) is 5.73. The Balaban J connectivity index is 1.25. The van der Waals surface area contributed by atoms with Gasteiger partial charge < -0.3 is 20.3 Å². The topological polar surface area (TPSA) is 96.5 Å². The van der Waals surface area contributed by atoms with Gasteiger partial charge in [-0.2, -0.15) is 4.98 Å². The van der Waals surface area contributed by atoms with Crippen molar-refractivity contribution in [3.05, 3.63) is 84.2 Å². The number of benzene rings is 2. The summed E-state index contributed by atoms with van der Waals surface area (Å²) in [7, 11) is -3.42. The average Bonchev–Trinajstić information content (AvgIpc) is 3.38. The molecule has 3 aliphatic heterocycles. The summed E-state index contributed by atoms with van der Waals surface area (Å²) in [4.78, 5) is 11.6. The number of hydrogen-bond acceptors (Lipinski definition) is 8. The van der Waals surface area contributed by atoms with Crippen molar-refractivity contribution in [1.29, 1.82) is 0 Å². The lowest BCUT2D eigenvalue weighted by atomic mass is 10.0. The van der Waals surface area contributed by atoms with Crippen molar-refractivity contribution in [2.75, 3.05) is 29.1 Å². The van der Waals surface area contributed by atoms with Crippen LogP contribution in [-0.2, 0) is 16.3 Å². The normalized spacial score (nSPS) is 22.1. The molecule has 184 valence electrons. The fourth-order valence-electron chi connectivity index (χ4n) is 5.03. The van der Waals surface area contributed by atoms with E-state index in [1.165, 1.54) is 0 Å². The molecule has 2 unspecified atom stereocenters. The molecule has 3 aromatic rings. The fourth-order valence-corrected chi connectivity index (χ4v) is 6.82. The van der Waals surface area contributed by atoms with E-state index in [-0.39, 0.29) is 17.9 Å². The largest absolute Gasteiger partial charge is 0.489 e. The molecule has 0 aliphatic carbocycles. The minimum Gasteiger partial charge on any atom is -0.489 e. The minimum atomic E-state index is -3.42. The molecule has 36 heavy (non-hydrogen) atoms. The summed E-state index contributed by atoms with van der Waals surface area (Å²) < 4.78 is 32.1. The first-order valence-electron chi connectivity index (χ1n) is 12.0. The maximum Gasteiger partial charge on any atom is 0.229 e. The third-order valence-electron chi connectivity index (χ3n) is 6.76. The summed E-state index contributed by atoms with van der Waals surface area (Å²) in [5.41, 5.74) is 3.17. The molecule has 8 nitrogen and oxygen atoms in total. The molecule has 2 aromatic carbocycles. The van der Waals surface area contributed by atoms with Crippen LogP contribution in [0.2, 0.25) is 0 Å². The van der Waals surface area contributed by atoms with Gasteiger partial charge in [-0.1, -0.05) is 24.8 Å². The first-order valence-corrected chi connectivity index (χ1v) is 13.7. The number of ether oxygens (including phenoxy) is 1. The van der Waals surface area contributed by atoms with E-state index in [0.717, 1.165) is 42.1 Å². The van der Waals surface area contributed by atoms with Gasteiger partial charge in [0.25, 0.3) is 0 Å². The van der Waals surface area contributed by atoms with Crippen LogP contribution < -0.4 is 20.3 Å². The van der Waals surface area contributed by atoms with Gasteiger partial charge >= 0.3 is 0 Å². The van der Waals surface area contributed by atoms with E-state index in [0.29, 0.717) is 28.8 Å². The van der Waals surface area contributed by atoms with Gasteiger partial charge in [-0.15, -0.1) is 0 Å². The molecule has 9 heteroatoms. The highest BCUT2D eigenvalue weighted by Crippen LogP contribution is 2.36. The molecule has 0 amide bonds. The van der Waals surface area contributed by atoms with Gasteiger partial charge in [-0.25, -0.2) is 13.4 Å². The van der Waals surface area contributed by atoms with Crippen molar-refractivity contribution in [3.63, 3.8) is 0 Å². The van der Waals surface area contributed by atoms with Crippen LogP contribution in [0, 0.1) is 0 Å². The SMILES string of the molecule is C=C1C=Cc2cnc(Nc3ccc(OC4CCNC4)cc3)nc2N1C1Cc2ccccc2S(=O)(=O)C1. The first-order chi connectivity index (χ1) is 17.5. The van der Waals surface area contributed by atoms with Crippen molar-refractivity contribution in [3.8, 4) is 5.75 Å². The maximum absolute atomic E-state index is 13.1. The highest BCUT2D eigenvalue weighted by Gasteiger charge is 2.36. The van der Waals surface area contributed by atoms with E-state index in [1.807, 2.05) is 53.5 Å². The van der Waals surface area contributed by atoms with E-state index in [4.69, 9.17) is 9.72 Å². The number of nitrogens with zero attached hydrogens (tertiary/aromatic N) is 3. The van der Waals surface area contributed by atoms with E-state index in [2.05, 4.69) is 22.2 Å². The molecule has 0 radical (unpaired) electrons. The van der Waals surface area contributed by atoms with Crippen LogP contribution in [-0.4, -0.2) is 49.4 Å². The molecule has 1 aromatic heterocycles. The third-order valence-corrected chi connectivity index (χ3v) is 8.65. The molecule has 2 N–H and O–H groups in total. The fraction of sp³-hybridized carbons (Fsp3) is 0.259. The summed E-state index contributed by atoms with van der Waals surface area (Å²) in [6, 6.07) is 14.6. The molecular weight excluding hydrogens is 474 g/mol. The van der Waals surface area contributed by atoms with Gasteiger partial charge in [-0.05, 0) is 67.4 Å². The number of nitrogens with one attached hydrogen (secondary N) is 2. The van der Waals surface area contributed by atoms with Gasteiger partial charge in [0.2, 0.25) is 5.95 Å². The van der Waals surface area contributed by atoms with Crippen molar-refractivity contribution in [1.82, 2.24) is 15.3 Å². The zero-order chi connectivity index (χ0) is 24.7. The van der Waals surface area contributed by atoms with Crippen LogP contribution in [0.4, 0.5) is 17.5 Å². The Bertz CT molecular complexity index is 1450. The van der Waals surface area contributed by atoms with Crippen LogP contribution in [0.15, 0.2) is 78.0 Å². The number of sulfone groups is 1. The number of aromatic nitrogens is 2. The number of allylic oxidation sites excluding steroid dienone is 1. The second kappa shape index (κ2) is 9.07. The molecular formula is C27H27N5O3S. The second-order valence-corrected chi connectivity index (χ2v) is 11.3. The van der Waals surface area contributed by atoms with E-state index >= 15 is 0 Å². The van der Waals surface area contributed by atoms with Crippen LogP contribution >= 0.6 is 0 Å². The molecule has 1 saturated heterocycles. The number of fused-ring (bicyclic) bond motifs is 2. The van der Waals surface area contributed by atoms with E-state index in [9.17, 15) is 8.42 Å². The van der Waals surface area contributed by atoms with Gasteiger partial charge in [0.1, 0.15) is 17.7 Å². The summed E-state index contributed by atoms with van der Waals surface area (Å²) in [6.07, 6.45) is 7.34. The molecule has 4 heterocycles. The number of anilines is 3. The van der Waals surface area contributed by atoms with E-state index < -0.39 is 9.84 Å². The van der Waals surface area contributed by atoms with Crippen molar-refractivity contribution in [2.45, 2.75) is 29.9 Å². The molecule has 0 bridgehead atoms. The quantitative estimate of drug-likeness (QED) is 0.546. The van der Waals surface area contributed by atoms with Crippen molar-refractivity contribution < 1.29 is 13.2 Å². The van der Waals surface area contributed by atoms with Crippen LogP contribution in [0.5, 0.6) is 5.75 Å². The van der Waals surface area contributed by atoms with Gasteiger partial charge in [0, 0.05) is 29.7 Å². The maximum atomic E-state index is 13.1. The Morgan fingerprint density at radius 2 is 1.94 bits per heavy atom. The summed E-state index contributed by atoms with van der Waals surface area (Å²) in [5.74, 6) is 1.90. The highest BCUT2D eigenvalue weighted by atomic mass is 32.2. The third kappa shape index (κ3) is 4.36. The van der Waals surface area contributed by atoms with E-state index in [1.54, 1.807) is 18.3 Å². The molecule has 6 rings (SSSR count). The zero-order valence-electron chi connectivity index (χ0n) is 19.7. The van der Waals surface area contributed by atoms with Crippen LogP contribution in [0.3, 0.4) is 0 Å². The lowest BCUT2D eigenvalue weighted by molar-refractivity contribution is 0.223. The predicted molar refractivity (Wildman–Crippen MR) is 140 cm³/mol. The smallest absolute Gasteiger partial charge is 0.229 e. The second-order valence-electron chi connectivity index (χ2n) is 9.30. The standard InChI is InChI=1S/C27H27N5O3S/c1-18-6-7-20-15-29-27(30-21-8-10-23(11-9-21)35-24-12-13-28-16-24)31-26(20)32(18)22-14-19-4-2-3-5-25(19)36(33,34)17-22/h2-11,15,22,24,28H,1,12-14,16-17H2,(H,29,30,31). The van der Waals surface area contributed by atoms with Crippen LogP contribution in [0.25, 0.3) is 6.08 Å². The van der Waals surface area contributed by atoms with Crippen molar-refractivity contribution >= 4 is 33.4 Å². The Labute approximate surface area is 210 Å². The Hall–Kier alpha value is -3.69. The summed E-state index contributed by atoms with van der Waals surface area (Å²) in [6.45, 7) is 6.04. The van der Waals surface area contributed by atoms with Gasteiger partial charge in [0.15, 0.2) is 9.84 Å². The molecule has 2 atom stereocenters. The Morgan fingerprint density at radius 1 is 1.11 bits per heavy atom. The summed E-state index contributed by atoms with van der Waals surface area (Å²) in [5, 5.41) is 6.56. The molecule has 0 saturated carbocycles. The lowest BCUT2D eigenvalue weighted by Crippen LogP contribution is -2.45. The monoisotopic (exact) mass is 501 g/mol. The minimum absolute atomic E-state index is 0.00105. The predicted octanol–water partition coefficient (Wildman–Crippen LogP) is 3.71. The summed E-state index contributed by atoms with van der Waals surface area (Å²) >= 11 is 0. The lowest BCUT2D eigenvalue weighted by Gasteiger charge is -2.38. The van der Waals surface area contributed by atoms with Gasteiger partial charge in [0.05, 0.1) is 16.7 Å².